The van der Waals surface area contributed by atoms with Crippen LogP contribution in [0.3, 0.4) is 0 Å². The molecule has 0 rings (SSSR count). The molecule has 0 saturated carbocycles. The normalized spacial score (nSPS) is 7.22. The van der Waals surface area contributed by atoms with Crippen molar-refractivity contribution in [3.63, 3.8) is 0 Å². The van der Waals surface area contributed by atoms with E-state index in [-0.39, 0.29) is 51.4 Å². The third kappa shape index (κ3) is 8.58. The van der Waals surface area contributed by atoms with Crippen LogP contribution in [0.5, 0.6) is 0 Å². The molecule has 0 fully saturated rings. The molecule has 0 aromatic rings. The van der Waals surface area contributed by atoms with Gasteiger partial charge in [-0.3, -0.25) is 9.59 Å². The molecule has 5 heteroatoms. The van der Waals surface area contributed by atoms with Crippen LogP contribution in [0.4, 0.5) is 0 Å². The zero-order valence-electron chi connectivity index (χ0n) is 5.38. The second-order valence-corrected chi connectivity index (χ2v) is 1.15. The first-order valence-electron chi connectivity index (χ1n) is 1.95. The maximum atomic E-state index is 10.0. The Morgan fingerprint density at radius 2 is 2.00 bits per heavy atom. The van der Waals surface area contributed by atoms with Crippen LogP contribution < -0.4 is 0 Å². The Morgan fingerprint density at radius 3 is 2.11 bits per heavy atom. The Morgan fingerprint density at radius 1 is 1.56 bits per heavy atom. The van der Waals surface area contributed by atoms with Crippen LogP contribution in [0.15, 0.2) is 0 Å². The van der Waals surface area contributed by atoms with Gasteiger partial charge in [-0.15, -0.1) is 0 Å². The zero-order chi connectivity index (χ0) is 6.57. The van der Waals surface area contributed by atoms with E-state index >= 15 is 0 Å². The van der Waals surface area contributed by atoms with E-state index in [1.807, 2.05) is 0 Å². The molecular weight excluding hydrogens is 151 g/mol. The molecule has 9 heavy (non-hydrogen) atoms. The largest absolute Gasteiger partial charge is 0.481 e. The zero-order valence-corrected chi connectivity index (χ0v) is 8.50. The van der Waals surface area contributed by atoms with E-state index in [1.54, 1.807) is 0 Å². The van der Waals surface area contributed by atoms with Gasteiger partial charge in [0.05, 0.1) is 7.11 Å². The molecular formula is C4H6KO4. The van der Waals surface area contributed by atoms with Gasteiger partial charge < -0.3 is 9.84 Å². The summed E-state index contributed by atoms with van der Waals surface area (Å²) in [7, 11) is 1.14. The first-order valence-corrected chi connectivity index (χ1v) is 1.95. The van der Waals surface area contributed by atoms with Gasteiger partial charge in [0.25, 0.3) is 0 Å². The number of rotatable bonds is 2. The molecule has 4 nitrogen and oxygen atoms in total. The van der Waals surface area contributed by atoms with Gasteiger partial charge in [-0.1, -0.05) is 0 Å². The first-order chi connectivity index (χ1) is 3.66. The fraction of sp³-hybridized carbons (Fsp3) is 0.500. The molecule has 1 radical (unpaired) electrons. The Labute approximate surface area is 95.0 Å². The van der Waals surface area contributed by atoms with Crippen molar-refractivity contribution in [2.75, 3.05) is 7.11 Å². The van der Waals surface area contributed by atoms with Crippen LogP contribution in [-0.2, 0) is 14.3 Å². The number of hydrogen-bond acceptors (Lipinski definition) is 3. The number of methoxy groups -OCH3 is 1. The fourth-order valence-corrected chi connectivity index (χ4v) is 0.196. The maximum absolute atomic E-state index is 10.0. The van der Waals surface area contributed by atoms with Gasteiger partial charge in [0.2, 0.25) is 0 Å². The average molecular weight is 157 g/mol. The molecule has 47 valence electrons. The molecule has 0 atom stereocenters. The number of hydrogen-bond donors (Lipinski definition) is 1. The van der Waals surface area contributed by atoms with Crippen LogP contribution in [-0.4, -0.2) is 75.5 Å². The van der Waals surface area contributed by atoms with Gasteiger partial charge in [-0.25, -0.2) is 0 Å². The molecule has 0 spiro atoms. The van der Waals surface area contributed by atoms with E-state index < -0.39 is 18.4 Å². The van der Waals surface area contributed by atoms with Crippen molar-refractivity contribution in [2.45, 2.75) is 6.42 Å². The van der Waals surface area contributed by atoms with Crippen molar-refractivity contribution < 1.29 is 19.4 Å². The summed E-state index contributed by atoms with van der Waals surface area (Å²) in [4.78, 5) is 19.7. The SMILES string of the molecule is COC(=O)CC(=O)O.[K]. The molecule has 0 heterocycles. The molecule has 0 amide bonds. The number of carboxylic acids is 1. The monoisotopic (exact) mass is 157 g/mol. The van der Waals surface area contributed by atoms with Crippen molar-refractivity contribution in [2.24, 2.45) is 0 Å². The van der Waals surface area contributed by atoms with E-state index in [0.717, 1.165) is 7.11 Å². The van der Waals surface area contributed by atoms with Crippen molar-refractivity contribution in [3.8, 4) is 0 Å². The predicted octanol–water partition coefficient (Wildman–Crippen LogP) is -0.747. The van der Waals surface area contributed by atoms with Gasteiger partial charge >= 0.3 is 11.9 Å². The Hall–Kier alpha value is 0.576. The van der Waals surface area contributed by atoms with Crippen LogP contribution in [0.2, 0.25) is 0 Å². The number of carboxylic acid groups (broad SMARTS) is 1. The third-order valence-corrected chi connectivity index (χ3v) is 0.523. The smallest absolute Gasteiger partial charge is 0.316 e. The van der Waals surface area contributed by atoms with E-state index in [1.165, 1.54) is 0 Å². The Bertz CT molecular complexity index is 111. The number of ether oxygens (including phenoxy) is 1. The maximum Gasteiger partial charge on any atom is 0.316 e. The molecule has 0 aromatic heterocycles. The van der Waals surface area contributed by atoms with E-state index in [0.29, 0.717) is 0 Å². The second kappa shape index (κ2) is 6.69. The van der Waals surface area contributed by atoms with Gasteiger partial charge in [0.15, 0.2) is 0 Å². The molecule has 1 N–H and O–H groups in total. The molecule has 0 aliphatic heterocycles. The summed E-state index contributed by atoms with van der Waals surface area (Å²) in [6.07, 6.45) is -0.559. The van der Waals surface area contributed by atoms with Gasteiger partial charge in [-0.2, -0.15) is 0 Å². The van der Waals surface area contributed by atoms with Crippen LogP contribution >= 0.6 is 0 Å². The number of carbonyl (C=O) groups is 2. The molecule has 0 unspecified atom stereocenters. The van der Waals surface area contributed by atoms with Crippen molar-refractivity contribution in [1.82, 2.24) is 0 Å². The molecule has 0 bridgehead atoms. The minimum atomic E-state index is -1.17. The summed E-state index contributed by atoms with van der Waals surface area (Å²) in [5.74, 6) is -1.89. The Balaban J connectivity index is 0. The minimum Gasteiger partial charge on any atom is -0.481 e. The van der Waals surface area contributed by atoms with Gasteiger partial charge in [0, 0.05) is 51.4 Å². The molecule has 0 saturated heterocycles. The average Bonchev–Trinajstić information content (AvgIpc) is 1.65. The quantitative estimate of drug-likeness (QED) is 0.325. The van der Waals surface area contributed by atoms with Crippen LogP contribution in [0.1, 0.15) is 6.42 Å². The van der Waals surface area contributed by atoms with Crippen LogP contribution in [0, 0.1) is 0 Å². The van der Waals surface area contributed by atoms with E-state index in [9.17, 15) is 9.59 Å². The number of carbonyl (C=O) groups excluding carboxylic acids is 1. The van der Waals surface area contributed by atoms with Crippen molar-refractivity contribution >= 4 is 63.3 Å². The molecule has 0 aliphatic rings. The standard InChI is InChI=1S/C4H6O4.K/c1-8-4(7)2-3(5)6;/h2H2,1H3,(H,5,6);. The number of aliphatic carboxylic acids is 1. The van der Waals surface area contributed by atoms with Gasteiger partial charge in [-0.05, 0) is 0 Å². The second-order valence-electron chi connectivity index (χ2n) is 1.15. The van der Waals surface area contributed by atoms with Gasteiger partial charge in [0.1, 0.15) is 6.42 Å². The van der Waals surface area contributed by atoms with Crippen molar-refractivity contribution in [3.05, 3.63) is 0 Å². The van der Waals surface area contributed by atoms with E-state index in [4.69, 9.17) is 5.11 Å². The summed E-state index contributed by atoms with van der Waals surface area (Å²) >= 11 is 0. The predicted molar refractivity (Wildman–Crippen MR) is 30.0 cm³/mol. The summed E-state index contributed by atoms with van der Waals surface area (Å²) in [5.41, 5.74) is 0. The molecule has 0 aliphatic carbocycles. The summed E-state index contributed by atoms with van der Waals surface area (Å²) in [6, 6.07) is 0. The Kier molecular flexibility index (Phi) is 9.13. The minimum absolute atomic E-state index is 0. The topological polar surface area (TPSA) is 63.6 Å². The van der Waals surface area contributed by atoms with Crippen molar-refractivity contribution in [1.29, 1.82) is 0 Å². The van der Waals surface area contributed by atoms with Crippen LogP contribution in [0.25, 0.3) is 0 Å². The molecule has 0 aromatic carbocycles. The number of esters is 1. The van der Waals surface area contributed by atoms with E-state index in [2.05, 4.69) is 4.74 Å². The third-order valence-electron chi connectivity index (χ3n) is 0.523. The first kappa shape index (κ1) is 12.3. The fourth-order valence-electron chi connectivity index (χ4n) is 0.196. The summed E-state index contributed by atoms with van der Waals surface area (Å²) < 4.78 is 4.04. The summed E-state index contributed by atoms with van der Waals surface area (Å²) in [5, 5.41) is 7.91. The summed E-state index contributed by atoms with van der Waals surface area (Å²) in [6.45, 7) is 0.